The summed E-state index contributed by atoms with van der Waals surface area (Å²) in [6.45, 7) is 6.95. The number of ether oxygens (including phenoxy) is 1. The van der Waals surface area contributed by atoms with Crippen LogP contribution >= 0.6 is 0 Å². The Bertz CT molecular complexity index is 484. The maximum Gasteiger partial charge on any atom is 0.213 e. The second-order valence-electron chi connectivity index (χ2n) is 5.81. The Labute approximate surface area is 121 Å². The van der Waals surface area contributed by atoms with Gasteiger partial charge in [-0.3, -0.25) is 4.79 Å². The number of carbonyl (C=O) groups is 1. The lowest BCUT2D eigenvalue weighted by Crippen LogP contribution is -2.32. The topological polar surface area (TPSA) is 39.2 Å². The summed E-state index contributed by atoms with van der Waals surface area (Å²) in [4.78, 5) is 17.0. The predicted octanol–water partition coefficient (Wildman–Crippen LogP) is 4.20. The number of nitrogens with zero attached hydrogens (tertiary/aromatic N) is 1. The van der Waals surface area contributed by atoms with Gasteiger partial charge in [0.15, 0.2) is 5.78 Å². The summed E-state index contributed by atoms with van der Waals surface area (Å²) in [5.74, 6) is 0.890. The van der Waals surface area contributed by atoms with Crippen LogP contribution in [0.25, 0.3) is 0 Å². The molecule has 3 heteroatoms. The molecular formula is C17H25NO2. The zero-order valence-corrected chi connectivity index (χ0v) is 12.9. The Morgan fingerprint density at radius 2 is 2.05 bits per heavy atom. The van der Waals surface area contributed by atoms with Crippen LogP contribution in [-0.2, 0) is 6.42 Å². The number of Topliss-reactive ketones (excluding diaryl/α,β-unsaturated/α-hetero) is 1. The van der Waals surface area contributed by atoms with Crippen LogP contribution in [0, 0.1) is 5.41 Å². The summed E-state index contributed by atoms with van der Waals surface area (Å²) < 4.78 is 5.47. The van der Waals surface area contributed by atoms with Gasteiger partial charge in [-0.05, 0) is 37.7 Å². The number of hydrogen-bond donors (Lipinski definition) is 0. The van der Waals surface area contributed by atoms with E-state index in [1.54, 1.807) is 0 Å². The molecule has 20 heavy (non-hydrogen) atoms. The normalized spacial score (nSPS) is 21.6. The Morgan fingerprint density at radius 3 is 2.70 bits per heavy atom. The zero-order chi connectivity index (χ0) is 14.6. The van der Waals surface area contributed by atoms with Crippen LogP contribution in [0.15, 0.2) is 12.1 Å². The molecule has 0 saturated heterocycles. The second-order valence-corrected chi connectivity index (χ2v) is 5.81. The molecule has 0 fully saturated rings. The van der Waals surface area contributed by atoms with Crippen molar-refractivity contribution in [3.05, 3.63) is 23.4 Å². The molecular weight excluding hydrogens is 250 g/mol. The largest absolute Gasteiger partial charge is 0.478 e. The van der Waals surface area contributed by atoms with Crippen molar-refractivity contribution in [3.63, 3.8) is 0 Å². The Hall–Kier alpha value is -1.38. The van der Waals surface area contributed by atoms with Crippen LogP contribution in [0.1, 0.15) is 68.9 Å². The molecule has 0 spiro atoms. The van der Waals surface area contributed by atoms with E-state index in [4.69, 9.17) is 4.74 Å². The van der Waals surface area contributed by atoms with Crippen LogP contribution in [0.4, 0.5) is 0 Å². The van der Waals surface area contributed by atoms with Gasteiger partial charge in [0.1, 0.15) is 0 Å². The van der Waals surface area contributed by atoms with Gasteiger partial charge in [-0.2, -0.15) is 0 Å². The van der Waals surface area contributed by atoms with Crippen LogP contribution in [0.2, 0.25) is 0 Å². The molecule has 1 aromatic heterocycles. The van der Waals surface area contributed by atoms with E-state index < -0.39 is 0 Å². The third-order valence-corrected chi connectivity index (χ3v) is 4.43. The van der Waals surface area contributed by atoms with Crippen LogP contribution in [0.3, 0.4) is 0 Å². The molecule has 3 nitrogen and oxygen atoms in total. The average Bonchev–Trinajstić information content (AvgIpc) is 2.45. The van der Waals surface area contributed by atoms with E-state index in [0.717, 1.165) is 30.5 Å². The van der Waals surface area contributed by atoms with Crippen molar-refractivity contribution in [1.29, 1.82) is 0 Å². The third-order valence-electron chi connectivity index (χ3n) is 4.43. The molecule has 0 N–H and O–H groups in total. The molecule has 0 aromatic carbocycles. The number of carbonyl (C=O) groups excluding carboxylic acids is 1. The summed E-state index contributed by atoms with van der Waals surface area (Å²) in [6.07, 6.45) is 6.10. The summed E-state index contributed by atoms with van der Waals surface area (Å²) >= 11 is 0. The van der Waals surface area contributed by atoms with Crippen LogP contribution in [0.5, 0.6) is 5.88 Å². The highest BCUT2D eigenvalue weighted by molar-refractivity contribution is 5.98. The molecule has 0 amide bonds. The van der Waals surface area contributed by atoms with E-state index in [-0.39, 0.29) is 11.2 Å². The number of aromatic nitrogens is 1. The molecule has 0 aliphatic heterocycles. The van der Waals surface area contributed by atoms with Crippen molar-refractivity contribution in [2.75, 3.05) is 6.61 Å². The van der Waals surface area contributed by atoms with E-state index in [2.05, 4.69) is 18.8 Å². The summed E-state index contributed by atoms with van der Waals surface area (Å²) in [6, 6.07) is 3.69. The van der Waals surface area contributed by atoms with Gasteiger partial charge < -0.3 is 4.74 Å². The fourth-order valence-corrected chi connectivity index (χ4v) is 3.11. The molecule has 110 valence electrons. The van der Waals surface area contributed by atoms with Crippen LogP contribution < -0.4 is 4.74 Å². The second kappa shape index (κ2) is 6.38. The number of rotatable bonds is 6. The molecule has 2 rings (SSSR count). The summed E-state index contributed by atoms with van der Waals surface area (Å²) in [5, 5.41) is 0. The zero-order valence-electron chi connectivity index (χ0n) is 12.9. The van der Waals surface area contributed by atoms with E-state index in [9.17, 15) is 4.79 Å². The number of unbranched alkanes of at least 4 members (excludes halogenated alkanes) is 1. The van der Waals surface area contributed by atoms with Gasteiger partial charge >= 0.3 is 0 Å². The molecule has 1 aliphatic rings. The maximum absolute atomic E-state index is 12.4. The lowest BCUT2D eigenvalue weighted by atomic mass is 9.68. The number of fused-ring (bicyclic) bond motifs is 1. The molecule has 1 aromatic rings. The first-order valence-electron chi connectivity index (χ1n) is 7.80. The highest BCUT2D eigenvalue weighted by Crippen LogP contribution is 2.42. The van der Waals surface area contributed by atoms with Crippen molar-refractivity contribution in [2.24, 2.45) is 5.41 Å². The molecule has 0 radical (unpaired) electrons. The van der Waals surface area contributed by atoms with Crippen molar-refractivity contribution in [2.45, 2.75) is 59.3 Å². The fraction of sp³-hybridized carbons (Fsp3) is 0.647. The molecule has 1 aliphatic carbocycles. The minimum absolute atomic E-state index is 0.109. The number of pyridine rings is 1. The summed E-state index contributed by atoms with van der Waals surface area (Å²) in [7, 11) is 0. The Balaban J connectivity index is 2.29. The first kappa shape index (κ1) is 15.0. The van der Waals surface area contributed by atoms with E-state index >= 15 is 0 Å². The summed E-state index contributed by atoms with van der Waals surface area (Å²) in [5.41, 5.74) is 1.84. The number of hydrogen-bond acceptors (Lipinski definition) is 3. The minimum atomic E-state index is 0.109. The van der Waals surface area contributed by atoms with E-state index in [1.165, 1.54) is 12.8 Å². The minimum Gasteiger partial charge on any atom is -0.478 e. The predicted molar refractivity (Wildman–Crippen MR) is 80.3 cm³/mol. The van der Waals surface area contributed by atoms with E-state index in [0.29, 0.717) is 18.9 Å². The molecule has 1 atom stereocenters. The Kier molecular flexibility index (Phi) is 4.79. The van der Waals surface area contributed by atoms with E-state index in [1.807, 2.05) is 19.1 Å². The molecule has 1 unspecified atom stereocenters. The maximum atomic E-state index is 12.4. The standard InChI is InChI=1S/C17H25NO2/c1-4-7-10-17(5-2)11-14-13(15(19)12-17)8-9-16(18-14)20-6-3/h8-9H,4-7,10-12H2,1-3H3. The third kappa shape index (κ3) is 3.02. The van der Waals surface area contributed by atoms with Gasteiger partial charge in [0.2, 0.25) is 5.88 Å². The SMILES string of the molecule is CCCCC1(CC)CC(=O)c2ccc(OCC)nc2C1. The van der Waals surface area contributed by atoms with Gasteiger partial charge in [0.05, 0.1) is 12.3 Å². The molecule has 0 bridgehead atoms. The highest BCUT2D eigenvalue weighted by Gasteiger charge is 2.37. The van der Waals surface area contributed by atoms with Crippen molar-refractivity contribution in [1.82, 2.24) is 4.98 Å². The highest BCUT2D eigenvalue weighted by atomic mass is 16.5. The first-order chi connectivity index (χ1) is 9.64. The smallest absolute Gasteiger partial charge is 0.213 e. The van der Waals surface area contributed by atoms with Gasteiger partial charge in [-0.15, -0.1) is 0 Å². The average molecular weight is 275 g/mol. The monoisotopic (exact) mass is 275 g/mol. The molecule has 1 heterocycles. The van der Waals surface area contributed by atoms with Crippen LogP contribution in [-0.4, -0.2) is 17.4 Å². The first-order valence-corrected chi connectivity index (χ1v) is 7.80. The quantitative estimate of drug-likeness (QED) is 0.781. The van der Waals surface area contributed by atoms with Gasteiger partial charge in [0, 0.05) is 18.1 Å². The van der Waals surface area contributed by atoms with Gasteiger partial charge in [-0.25, -0.2) is 4.98 Å². The van der Waals surface area contributed by atoms with Crippen molar-refractivity contribution in [3.8, 4) is 5.88 Å². The lowest BCUT2D eigenvalue weighted by Gasteiger charge is -2.36. The van der Waals surface area contributed by atoms with Crippen molar-refractivity contribution < 1.29 is 9.53 Å². The molecule has 0 saturated carbocycles. The lowest BCUT2D eigenvalue weighted by molar-refractivity contribution is 0.0858. The Morgan fingerprint density at radius 1 is 1.25 bits per heavy atom. The number of ketones is 1. The van der Waals surface area contributed by atoms with Gasteiger partial charge in [-0.1, -0.05) is 26.7 Å². The van der Waals surface area contributed by atoms with Gasteiger partial charge in [0.25, 0.3) is 0 Å². The fourth-order valence-electron chi connectivity index (χ4n) is 3.11. The van der Waals surface area contributed by atoms with Crippen molar-refractivity contribution >= 4 is 5.78 Å².